The van der Waals surface area contributed by atoms with Gasteiger partial charge in [-0.2, -0.15) is 0 Å². The lowest BCUT2D eigenvalue weighted by atomic mass is 10.1. The Labute approximate surface area is 101 Å². The van der Waals surface area contributed by atoms with Gasteiger partial charge in [0.05, 0.1) is 6.10 Å². The highest BCUT2D eigenvalue weighted by Crippen LogP contribution is 2.21. The first-order valence-electron chi connectivity index (χ1n) is 5.93. The Morgan fingerprint density at radius 2 is 1.88 bits per heavy atom. The molecule has 0 bridgehead atoms. The fraction of sp³-hybridized carbons (Fsp3) is 0.538. The van der Waals surface area contributed by atoms with Crippen LogP contribution >= 0.6 is 0 Å². The summed E-state index contributed by atoms with van der Waals surface area (Å²) in [5, 5.41) is 9.83. The molecule has 1 unspecified atom stereocenters. The van der Waals surface area contributed by atoms with Crippen molar-refractivity contribution in [3.8, 4) is 0 Å². The van der Waals surface area contributed by atoms with E-state index in [0.29, 0.717) is 13.0 Å². The molecule has 0 saturated heterocycles. The minimum atomic E-state index is -0.953. The Bertz CT molecular complexity index is 353. The molecule has 0 amide bonds. The van der Waals surface area contributed by atoms with Crippen molar-refractivity contribution < 1.29 is 13.9 Å². The number of benzene rings is 1. The van der Waals surface area contributed by atoms with Crippen molar-refractivity contribution in [2.24, 2.45) is 0 Å². The molecule has 0 aromatic heterocycles. The molecule has 1 rings (SSSR count). The number of halogens is 2. The second-order valence-corrected chi connectivity index (χ2v) is 4.00. The van der Waals surface area contributed by atoms with Crippen LogP contribution in [0.1, 0.15) is 31.9 Å². The first kappa shape index (κ1) is 14.1. The molecule has 2 nitrogen and oxygen atoms in total. The molecule has 0 radical (unpaired) electrons. The van der Waals surface area contributed by atoms with Crippen molar-refractivity contribution in [3.63, 3.8) is 0 Å². The molecule has 17 heavy (non-hydrogen) atoms. The maximum absolute atomic E-state index is 13.4. The topological polar surface area (TPSA) is 23.5 Å². The molecule has 0 aliphatic heterocycles. The second-order valence-electron chi connectivity index (χ2n) is 4.00. The lowest BCUT2D eigenvalue weighted by Crippen LogP contribution is -2.25. The molecule has 0 saturated carbocycles. The zero-order valence-electron chi connectivity index (χ0n) is 10.3. The summed E-state index contributed by atoms with van der Waals surface area (Å²) in [4.78, 5) is 2.13. The van der Waals surface area contributed by atoms with E-state index >= 15 is 0 Å². The third-order valence-electron chi connectivity index (χ3n) is 2.93. The van der Waals surface area contributed by atoms with E-state index < -0.39 is 17.7 Å². The van der Waals surface area contributed by atoms with Gasteiger partial charge in [-0.25, -0.2) is 8.78 Å². The summed E-state index contributed by atoms with van der Waals surface area (Å²) >= 11 is 0. The molecule has 0 spiro atoms. The Morgan fingerprint density at radius 1 is 1.24 bits per heavy atom. The SMILES string of the molecule is CCN(CC)CCC(O)c1cc(F)ccc1F. The van der Waals surface area contributed by atoms with Gasteiger partial charge < -0.3 is 10.0 Å². The van der Waals surface area contributed by atoms with E-state index in [1.165, 1.54) is 0 Å². The number of hydrogen-bond acceptors (Lipinski definition) is 2. The van der Waals surface area contributed by atoms with Gasteiger partial charge >= 0.3 is 0 Å². The average molecular weight is 243 g/mol. The van der Waals surface area contributed by atoms with Crippen molar-refractivity contribution in [2.45, 2.75) is 26.4 Å². The van der Waals surface area contributed by atoms with Crippen LogP contribution in [-0.2, 0) is 0 Å². The van der Waals surface area contributed by atoms with Gasteiger partial charge in [0.2, 0.25) is 0 Å². The predicted octanol–water partition coefficient (Wildman–Crippen LogP) is 2.73. The molecule has 1 aromatic carbocycles. The van der Waals surface area contributed by atoms with Crippen LogP contribution in [0.2, 0.25) is 0 Å². The van der Waals surface area contributed by atoms with Gasteiger partial charge in [-0.15, -0.1) is 0 Å². The van der Waals surface area contributed by atoms with Crippen molar-refractivity contribution in [3.05, 3.63) is 35.4 Å². The molecular weight excluding hydrogens is 224 g/mol. The number of aliphatic hydroxyl groups is 1. The number of nitrogens with zero attached hydrogens (tertiary/aromatic N) is 1. The summed E-state index contributed by atoms with van der Waals surface area (Å²) in [5.41, 5.74) is 0.0390. The summed E-state index contributed by atoms with van der Waals surface area (Å²) in [6.07, 6.45) is -0.548. The van der Waals surface area contributed by atoms with Gasteiger partial charge in [-0.1, -0.05) is 13.8 Å². The van der Waals surface area contributed by atoms with Crippen LogP contribution < -0.4 is 0 Å². The predicted molar refractivity (Wildman–Crippen MR) is 63.7 cm³/mol. The molecule has 0 fully saturated rings. The summed E-state index contributed by atoms with van der Waals surface area (Å²) < 4.78 is 26.3. The molecule has 0 aliphatic carbocycles. The standard InChI is InChI=1S/C13H19F2NO/c1-3-16(4-2)8-7-13(17)11-9-10(14)5-6-12(11)15/h5-6,9,13,17H,3-4,7-8H2,1-2H3. The summed E-state index contributed by atoms with van der Waals surface area (Å²) in [6, 6.07) is 3.16. The molecule has 0 aliphatic rings. The Morgan fingerprint density at radius 3 is 2.47 bits per heavy atom. The van der Waals surface area contributed by atoms with E-state index in [1.807, 2.05) is 13.8 Å². The molecule has 1 atom stereocenters. The van der Waals surface area contributed by atoms with Gasteiger partial charge in [-0.3, -0.25) is 0 Å². The third-order valence-corrected chi connectivity index (χ3v) is 2.93. The zero-order chi connectivity index (χ0) is 12.8. The first-order chi connectivity index (χ1) is 8.08. The molecule has 1 aromatic rings. The molecule has 1 N–H and O–H groups in total. The van der Waals surface area contributed by atoms with Crippen LogP contribution in [-0.4, -0.2) is 29.6 Å². The van der Waals surface area contributed by atoms with E-state index in [-0.39, 0.29) is 5.56 Å². The molecular formula is C13H19F2NO. The number of aliphatic hydroxyl groups excluding tert-OH is 1. The molecule has 0 heterocycles. The summed E-state index contributed by atoms with van der Waals surface area (Å²) in [6.45, 7) is 6.49. The Balaban J connectivity index is 2.63. The van der Waals surface area contributed by atoms with Crippen LogP contribution in [0.25, 0.3) is 0 Å². The van der Waals surface area contributed by atoms with E-state index in [2.05, 4.69) is 4.90 Å². The van der Waals surface area contributed by atoms with Gasteiger partial charge in [0.15, 0.2) is 0 Å². The quantitative estimate of drug-likeness (QED) is 0.830. The third kappa shape index (κ3) is 4.06. The van der Waals surface area contributed by atoms with Gasteiger partial charge in [0, 0.05) is 12.1 Å². The van der Waals surface area contributed by atoms with Crippen LogP contribution in [0.5, 0.6) is 0 Å². The summed E-state index contributed by atoms with van der Waals surface area (Å²) in [7, 11) is 0. The maximum atomic E-state index is 13.4. The molecule has 96 valence electrons. The Kier molecular flexibility index (Phi) is 5.51. The number of hydrogen-bond donors (Lipinski definition) is 1. The van der Waals surface area contributed by atoms with E-state index in [0.717, 1.165) is 31.3 Å². The monoisotopic (exact) mass is 243 g/mol. The van der Waals surface area contributed by atoms with E-state index in [4.69, 9.17) is 0 Å². The van der Waals surface area contributed by atoms with Gasteiger partial charge in [-0.05, 0) is 37.7 Å². The second kappa shape index (κ2) is 6.67. The fourth-order valence-electron chi connectivity index (χ4n) is 1.77. The first-order valence-corrected chi connectivity index (χ1v) is 5.93. The Hall–Kier alpha value is -1.00. The molecule has 4 heteroatoms. The van der Waals surface area contributed by atoms with Gasteiger partial charge in [0.25, 0.3) is 0 Å². The maximum Gasteiger partial charge on any atom is 0.129 e. The van der Waals surface area contributed by atoms with Crippen LogP contribution in [0, 0.1) is 11.6 Å². The normalized spacial score (nSPS) is 13.1. The largest absolute Gasteiger partial charge is 0.388 e. The highest BCUT2D eigenvalue weighted by molar-refractivity contribution is 5.21. The highest BCUT2D eigenvalue weighted by atomic mass is 19.1. The lowest BCUT2D eigenvalue weighted by Gasteiger charge is -2.20. The lowest BCUT2D eigenvalue weighted by molar-refractivity contribution is 0.141. The summed E-state index contributed by atoms with van der Waals surface area (Å²) in [5.74, 6) is -1.08. The van der Waals surface area contributed by atoms with Crippen LogP contribution in [0.3, 0.4) is 0 Å². The van der Waals surface area contributed by atoms with Crippen molar-refractivity contribution in [2.75, 3.05) is 19.6 Å². The van der Waals surface area contributed by atoms with Crippen molar-refractivity contribution in [1.29, 1.82) is 0 Å². The van der Waals surface area contributed by atoms with Crippen molar-refractivity contribution in [1.82, 2.24) is 4.90 Å². The van der Waals surface area contributed by atoms with Gasteiger partial charge in [0.1, 0.15) is 11.6 Å². The van der Waals surface area contributed by atoms with Crippen LogP contribution in [0.4, 0.5) is 8.78 Å². The minimum Gasteiger partial charge on any atom is -0.388 e. The van der Waals surface area contributed by atoms with Crippen LogP contribution in [0.15, 0.2) is 18.2 Å². The minimum absolute atomic E-state index is 0.0390. The van der Waals surface area contributed by atoms with E-state index in [9.17, 15) is 13.9 Å². The van der Waals surface area contributed by atoms with Crippen molar-refractivity contribution >= 4 is 0 Å². The zero-order valence-corrected chi connectivity index (χ0v) is 10.3. The smallest absolute Gasteiger partial charge is 0.129 e. The van der Waals surface area contributed by atoms with E-state index in [1.54, 1.807) is 0 Å². The fourth-order valence-corrected chi connectivity index (χ4v) is 1.77. The average Bonchev–Trinajstić information content (AvgIpc) is 2.33. The number of rotatable bonds is 6. The highest BCUT2D eigenvalue weighted by Gasteiger charge is 2.14.